The van der Waals surface area contributed by atoms with Gasteiger partial charge in [-0.25, -0.2) is 0 Å². The molecular formula is C19H17NO. The van der Waals surface area contributed by atoms with Gasteiger partial charge in [-0.3, -0.25) is 0 Å². The molecule has 0 bridgehead atoms. The Hall–Kier alpha value is -2.74. The number of anilines is 1. The Morgan fingerprint density at radius 3 is 2.14 bits per heavy atom. The van der Waals surface area contributed by atoms with Crippen molar-refractivity contribution in [3.8, 4) is 22.6 Å². The van der Waals surface area contributed by atoms with Gasteiger partial charge < -0.3 is 10.5 Å². The van der Waals surface area contributed by atoms with Crippen LogP contribution in [0.3, 0.4) is 0 Å². The lowest BCUT2D eigenvalue weighted by Crippen LogP contribution is -1.89. The maximum atomic E-state index is 6.02. The van der Waals surface area contributed by atoms with Crippen molar-refractivity contribution in [1.82, 2.24) is 0 Å². The monoisotopic (exact) mass is 275 g/mol. The third-order valence-electron chi connectivity index (χ3n) is 3.36. The van der Waals surface area contributed by atoms with Gasteiger partial charge in [-0.15, -0.1) is 0 Å². The number of aryl methyl sites for hydroxylation is 1. The van der Waals surface area contributed by atoms with Crippen LogP contribution in [0.5, 0.6) is 11.5 Å². The van der Waals surface area contributed by atoms with Gasteiger partial charge in [0.05, 0.1) is 0 Å². The zero-order valence-electron chi connectivity index (χ0n) is 11.9. The normalized spacial score (nSPS) is 10.3. The van der Waals surface area contributed by atoms with E-state index in [0.29, 0.717) is 0 Å². The predicted octanol–water partition coefficient (Wildman–Crippen LogP) is 5.04. The summed E-state index contributed by atoms with van der Waals surface area (Å²) in [5.41, 5.74) is 9.87. The maximum absolute atomic E-state index is 6.02. The molecule has 0 radical (unpaired) electrons. The van der Waals surface area contributed by atoms with Gasteiger partial charge in [0.2, 0.25) is 0 Å². The van der Waals surface area contributed by atoms with E-state index in [1.165, 1.54) is 5.56 Å². The Morgan fingerprint density at radius 2 is 1.43 bits per heavy atom. The molecule has 2 nitrogen and oxygen atoms in total. The number of hydrogen-bond acceptors (Lipinski definition) is 2. The lowest BCUT2D eigenvalue weighted by molar-refractivity contribution is 0.484. The lowest BCUT2D eigenvalue weighted by atomic mass is 10.0. The molecule has 0 aliphatic rings. The second kappa shape index (κ2) is 5.71. The van der Waals surface area contributed by atoms with Crippen LogP contribution in [0.2, 0.25) is 0 Å². The third kappa shape index (κ3) is 3.06. The van der Waals surface area contributed by atoms with Gasteiger partial charge in [-0.05, 0) is 42.8 Å². The van der Waals surface area contributed by atoms with Gasteiger partial charge in [0.1, 0.15) is 11.5 Å². The molecule has 0 spiro atoms. The fourth-order valence-electron chi connectivity index (χ4n) is 2.19. The molecule has 0 amide bonds. The summed E-state index contributed by atoms with van der Waals surface area (Å²) in [5.74, 6) is 1.68. The van der Waals surface area contributed by atoms with Gasteiger partial charge in [-0.1, -0.05) is 48.0 Å². The van der Waals surface area contributed by atoms with Crippen LogP contribution < -0.4 is 10.5 Å². The van der Waals surface area contributed by atoms with E-state index in [0.717, 1.165) is 28.3 Å². The average molecular weight is 275 g/mol. The summed E-state index contributed by atoms with van der Waals surface area (Å²) in [5, 5.41) is 0. The highest BCUT2D eigenvalue weighted by molar-refractivity contribution is 5.72. The SMILES string of the molecule is Cc1ccc(Oc2ccccc2-c2ccc(N)cc2)cc1. The van der Waals surface area contributed by atoms with Crippen molar-refractivity contribution in [2.45, 2.75) is 6.92 Å². The first kappa shape index (κ1) is 13.3. The van der Waals surface area contributed by atoms with Crippen molar-refractivity contribution >= 4 is 5.69 Å². The second-order valence-electron chi connectivity index (χ2n) is 5.03. The van der Waals surface area contributed by atoms with Gasteiger partial charge in [0.15, 0.2) is 0 Å². The summed E-state index contributed by atoms with van der Waals surface area (Å²) in [7, 11) is 0. The summed E-state index contributed by atoms with van der Waals surface area (Å²) in [6.45, 7) is 2.06. The molecule has 0 fully saturated rings. The van der Waals surface area contributed by atoms with E-state index < -0.39 is 0 Å². The number of benzene rings is 3. The molecule has 3 rings (SSSR count). The van der Waals surface area contributed by atoms with Crippen LogP contribution in [-0.4, -0.2) is 0 Å². The zero-order valence-corrected chi connectivity index (χ0v) is 11.9. The molecule has 0 aromatic heterocycles. The number of rotatable bonds is 3. The quantitative estimate of drug-likeness (QED) is 0.680. The molecule has 3 aromatic rings. The Balaban J connectivity index is 1.96. The number of nitrogen functional groups attached to an aromatic ring is 1. The molecule has 3 aromatic carbocycles. The number of para-hydroxylation sites is 1. The summed E-state index contributed by atoms with van der Waals surface area (Å²) in [6.07, 6.45) is 0. The smallest absolute Gasteiger partial charge is 0.135 e. The summed E-state index contributed by atoms with van der Waals surface area (Å²) < 4.78 is 6.02. The van der Waals surface area contributed by atoms with Gasteiger partial charge in [0.25, 0.3) is 0 Å². The molecule has 2 heteroatoms. The van der Waals surface area contributed by atoms with E-state index in [2.05, 4.69) is 13.0 Å². The molecule has 0 saturated carbocycles. The van der Waals surface area contributed by atoms with E-state index in [9.17, 15) is 0 Å². The Morgan fingerprint density at radius 1 is 0.762 bits per heavy atom. The van der Waals surface area contributed by atoms with E-state index in [-0.39, 0.29) is 0 Å². The topological polar surface area (TPSA) is 35.2 Å². The molecule has 0 heterocycles. The number of ether oxygens (including phenoxy) is 1. The lowest BCUT2D eigenvalue weighted by Gasteiger charge is -2.11. The van der Waals surface area contributed by atoms with Crippen LogP contribution in [0.1, 0.15) is 5.56 Å². The molecule has 0 atom stereocenters. The maximum Gasteiger partial charge on any atom is 0.135 e. The first-order valence-corrected chi connectivity index (χ1v) is 6.92. The van der Waals surface area contributed by atoms with Crippen LogP contribution in [0.25, 0.3) is 11.1 Å². The minimum absolute atomic E-state index is 0.760. The van der Waals surface area contributed by atoms with Crippen LogP contribution in [-0.2, 0) is 0 Å². The van der Waals surface area contributed by atoms with Crippen LogP contribution in [0.15, 0.2) is 72.8 Å². The Kier molecular flexibility index (Phi) is 3.61. The average Bonchev–Trinajstić information content (AvgIpc) is 2.51. The minimum atomic E-state index is 0.760. The Labute approximate surface area is 124 Å². The first-order chi connectivity index (χ1) is 10.2. The molecular weight excluding hydrogens is 258 g/mol. The van der Waals surface area contributed by atoms with Gasteiger partial charge in [-0.2, -0.15) is 0 Å². The van der Waals surface area contributed by atoms with E-state index in [1.54, 1.807) is 0 Å². The summed E-state index contributed by atoms with van der Waals surface area (Å²) >= 11 is 0. The molecule has 0 unspecified atom stereocenters. The van der Waals surface area contributed by atoms with Crippen molar-refractivity contribution < 1.29 is 4.74 Å². The van der Waals surface area contributed by atoms with Crippen LogP contribution in [0, 0.1) is 6.92 Å². The molecule has 0 saturated heterocycles. The van der Waals surface area contributed by atoms with Crippen molar-refractivity contribution in [1.29, 1.82) is 0 Å². The molecule has 0 aliphatic carbocycles. The number of nitrogens with two attached hydrogens (primary N) is 1. The van der Waals surface area contributed by atoms with Crippen molar-refractivity contribution in [2.24, 2.45) is 0 Å². The minimum Gasteiger partial charge on any atom is -0.457 e. The summed E-state index contributed by atoms with van der Waals surface area (Å²) in [4.78, 5) is 0. The standard InChI is InChI=1S/C19H17NO/c1-14-6-12-17(13-7-14)21-19-5-3-2-4-18(19)15-8-10-16(20)11-9-15/h2-13H,20H2,1H3. The van der Waals surface area contributed by atoms with Gasteiger partial charge in [0, 0.05) is 11.3 Å². The van der Waals surface area contributed by atoms with Crippen LogP contribution >= 0.6 is 0 Å². The predicted molar refractivity (Wildman–Crippen MR) is 87.5 cm³/mol. The van der Waals surface area contributed by atoms with Crippen molar-refractivity contribution in [3.05, 3.63) is 78.4 Å². The van der Waals surface area contributed by atoms with E-state index in [1.807, 2.05) is 66.7 Å². The highest BCUT2D eigenvalue weighted by atomic mass is 16.5. The van der Waals surface area contributed by atoms with Gasteiger partial charge >= 0.3 is 0 Å². The molecule has 0 aliphatic heterocycles. The fourth-order valence-corrected chi connectivity index (χ4v) is 2.19. The Bertz CT molecular complexity index is 730. The molecule has 21 heavy (non-hydrogen) atoms. The van der Waals surface area contributed by atoms with Crippen LogP contribution in [0.4, 0.5) is 5.69 Å². The summed E-state index contributed by atoms with van der Waals surface area (Å²) in [6, 6.07) is 23.9. The number of hydrogen-bond donors (Lipinski definition) is 1. The molecule has 2 N–H and O–H groups in total. The third-order valence-corrected chi connectivity index (χ3v) is 3.36. The highest BCUT2D eigenvalue weighted by Crippen LogP contribution is 2.33. The van der Waals surface area contributed by atoms with Crippen molar-refractivity contribution in [3.63, 3.8) is 0 Å². The largest absolute Gasteiger partial charge is 0.457 e. The van der Waals surface area contributed by atoms with E-state index >= 15 is 0 Å². The molecule has 104 valence electrons. The van der Waals surface area contributed by atoms with Crippen molar-refractivity contribution in [2.75, 3.05) is 5.73 Å². The van der Waals surface area contributed by atoms with E-state index in [4.69, 9.17) is 10.5 Å². The second-order valence-corrected chi connectivity index (χ2v) is 5.03. The zero-order chi connectivity index (χ0) is 14.7. The first-order valence-electron chi connectivity index (χ1n) is 6.92. The fraction of sp³-hybridized carbons (Fsp3) is 0.0526. The highest BCUT2D eigenvalue weighted by Gasteiger charge is 2.06.